The van der Waals surface area contributed by atoms with Crippen LogP contribution >= 0.6 is 0 Å². The Bertz CT molecular complexity index is 716. The van der Waals surface area contributed by atoms with Crippen molar-refractivity contribution in [3.05, 3.63) is 31.1 Å². The maximum atomic E-state index is 10.9. The van der Waals surface area contributed by atoms with Crippen LogP contribution in [0.25, 0.3) is 0 Å². The highest BCUT2D eigenvalue weighted by atomic mass is 16.3. The van der Waals surface area contributed by atoms with Crippen LogP contribution in [0.15, 0.2) is 31.1 Å². The van der Waals surface area contributed by atoms with Gasteiger partial charge in [-0.2, -0.15) is 5.26 Å². The van der Waals surface area contributed by atoms with Crippen molar-refractivity contribution in [2.45, 2.75) is 19.1 Å². The van der Waals surface area contributed by atoms with Crippen molar-refractivity contribution in [3.8, 4) is 6.07 Å². The van der Waals surface area contributed by atoms with E-state index >= 15 is 0 Å². The number of amides is 1. The average Bonchev–Trinajstić information content (AvgIpc) is 3.07. The number of carbonyl (C=O) groups excluding carboxylic acids is 1. The number of nitrogens with one attached hydrogen (secondary N) is 1. The summed E-state index contributed by atoms with van der Waals surface area (Å²) in [7, 11) is 1.53. The van der Waals surface area contributed by atoms with E-state index < -0.39 is 12.6 Å². The molecule has 2 atom stereocenters. The zero-order chi connectivity index (χ0) is 18.2. The van der Waals surface area contributed by atoms with Crippen LogP contribution < -0.4 is 10.2 Å². The first-order chi connectivity index (χ1) is 12.0. The summed E-state index contributed by atoms with van der Waals surface area (Å²) < 4.78 is 1.60. The summed E-state index contributed by atoms with van der Waals surface area (Å²) in [6.07, 6.45) is 4.11. The summed E-state index contributed by atoms with van der Waals surface area (Å²) in [4.78, 5) is 25.0. The topological polar surface area (TPSA) is 143 Å². The fourth-order valence-corrected chi connectivity index (χ4v) is 2.02. The lowest BCUT2D eigenvalue weighted by Gasteiger charge is -2.29. The zero-order valence-electron chi connectivity index (χ0n) is 13.5. The number of rotatable bonds is 9. The third kappa shape index (κ3) is 4.87. The number of nitriles is 1. The van der Waals surface area contributed by atoms with Gasteiger partial charge in [-0.05, 0) is 6.07 Å². The minimum Gasteiger partial charge on any atom is -0.372 e. The van der Waals surface area contributed by atoms with Gasteiger partial charge in [-0.3, -0.25) is 9.69 Å². The standard InChI is InChI=1S/C14H18N8O3/c1-20(14(25)22(10-23)5-3-15)12-6-21(9-18-12)7-13(24)19-11-2-4-16-8-17-11/h2,4,6,8-10,13-14,24-25H,5,7H2,1H3,(H,16,17,19). The lowest BCUT2D eigenvalue weighted by Crippen LogP contribution is -2.46. The van der Waals surface area contributed by atoms with Crippen LogP contribution in [-0.4, -0.2) is 67.2 Å². The Morgan fingerprint density at radius 2 is 2.28 bits per heavy atom. The number of aliphatic hydroxyl groups is 2. The molecule has 0 aliphatic carbocycles. The highest BCUT2D eigenvalue weighted by Gasteiger charge is 2.20. The van der Waals surface area contributed by atoms with E-state index in [0.717, 1.165) is 4.90 Å². The number of imidazole rings is 1. The average molecular weight is 346 g/mol. The molecule has 0 spiro atoms. The molecule has 132 valence electrons. The van der Waals surface area contributed by atoms with E-state index in [9.17, 15) is 15.0 Å². The molecule has 3 N–H and O–H groups in total. The van der Waals surface area contributed by atoms with Crippen molar-refractivity contribution in [2.75, 3.05) is 23.8 Å². The predicted molar refractivity (Wildman–Crippen MR) is 86.7 cm³/mol. The Morgan fingerprint density at radius 3 is 2.92 bits per heavy atom. The van der Waals surface area contributed by atoms with Crippen molar-refractivity contribution in [1.29, 1.82) is 5.26 Å². The summed E-state index contributed by atoms with van der Waals surface area (Å²) >= 11 is 0. The molecule has 0 radical (unpaired) electrons. The van der Waals surface area contributed by atoms with Crippen LogP contribution in [0.2, 0.25) is 0 Å². The van der Waals surface area contributed by atoms with Gasteiger partial charge in [0.25, 0.3) is 0 Å². The van der Waals surface area contributed by atoms with Crippen molar-refractivity contribution >= 4 is 18.0 Å². The van der Waals surface area contributed by atoms with E-state index in [1.807, 2.05) is 0 Å². The molecule has 0 saturated heterocycles. The number of anilines is 2. The van der Waals surface area contributed by atoms with Gasteiger partial charge in [-0.15, -0.1) is 0 Å². The molecule has 2 aromatic rings. The third-order valence-electron chi connectivity index (χ3n) is 3.29. The van der Waals surface area contributed by atoms with Crippen molar-refractivity contribution < 1.29 is 15.0 Å². The van der Waals surface area contributed by atoms with Crippen LogP contribution in [0.4, 0.5) is 11.6 Å². The predicted octanol–water partition coefficient (Wildman–Crippen LogP) is -1.20. The fraction of sp³-hybridized carbons (Fsp3) is 0.357. The number of carbonyl (C=O) groups is 1. The molecule has 0 aliphatic heterocycles. The molecular formula is C14H18N8O3. The van der Waals surface area contributed by atoms with Gasteiger partial charge in [-0.1, -0.05) is 0 Å². The second kappa shape index (κ2) is 8.57. The van der Waals surface area contributed by atoms with Gasteiger partial charge in [0, 0.05) is 19.4 Å². The zero-order valence-corrected chi connectivity index (χ0v) is 13.5. The molecule has 0 fully saturated rings. The SMILES string of the molecule is CN(c1cn(CC(O)Nc2ccncn2)cn1)C(O)N(C=O)CC#N. The number of hydrogen-bond donors (Lipinski definition) is 3. The summed E-state index contributed by atoms with van der Waals surface area (Å²) in [5.41, 5.74) is 0. The van der Waals surface area contributed by atoms with Gasteiger partial charge in [0.2, 0.25) is 12.8 Å². The van der Waals surface area contributed by atoms with E-state index in [2.05, 4.69) is 20.3 Å². The molecule has 0 aromatic carbocycles. The summed E-state index contributed by atoms with van der Waals surface area (Å²) in [6, 6.07) is 3.41. The second-order valence-corrected chi connectivity index (χ2v) is 5.08. The van der Waals surface area contributed by atoms with Crippen LogP contribution in [0.5, 0.6) is 0 Å². The number of aliphatic hydroxyl groups excluding tert-OH is 2. The Morgan fingerprint density at radius 1 is 1.48 bits per heavy atom. The first-order valence-corrected chi connectivity index (χ1v) is 7.26. The molecule has 11 nitrogen and oxygen atoms in total. The van der Waals surface area contributed by atoms with Gasteiger partial charge in [0.05, 0.1) is 18.9 Å². The highest BCUT2D eigenvalue weighted by Crippen LogP contribution is 2.13. The summed E-state index contributed by atoms with van der Waals surface area (Å²) in [5, 5.41) is 31.6. The van der Waals surface area contributed by atoms with Gasteiger partial charge in [0.1, 0.15) is 30.7 Å². The van der Waals surface area contributed by atoms with Crippen molar-refractivity contribution in [2.24, 2.45) is 0 Å². The van der Waals surface area contributed by atoms with Crippen molar-refractivity contribution in [3.63, 3.8) is 0 Å². The van der Waals surface area contributed by atoms with E-state index in [1.54, 1.807) is 29.1 Å². The summed E-state index contributed by atoms with van der Waals surface area (Å²) in [6.45, 7) is -0.0756. The van der Waals surface area contributed by atoms with Gasteiger partial charge >= 0.3 is 0 Å². The first-order valence-electron chi connectivity index (χ1n) is 7.26. The van der Waals surface area contributed by atoms with Crippen LogP contribution in [0.1, 0.15) is 0 Å². The number of aromatic nitrogens is 4. The first kappa shape index (κ1) is 18.1. The molecule has 2 heterocycles. The Balaban J connectivity index is 1.97. The molecule has 2 aromatic heterocycles. The third-order valence-corrected chi connectivity index (χ3v) is 3.29. The van der Waals surface area contributed by atoms with E-state index in [1.165, 1.54) is 24.6 Å². The quantitative estimate of drug-likeness (QED) is 0.290. The fourth-order valence-electron chi connectivity index (χ4n) is 2.02. The smallest absolute Gasteiger partial charge is 0.214 e. The molecular weight excluding hydrogens is 328 g/mol. The maximum Gasteiger partial charge on any atom is 0.214 e. The number of hydrogen-bond acceptors (Lipinski definition) is 9. The Hall–Kier alpha value is -3.23. The van der Waals surface area contributed by atoms with Crippen molar-refractivity contribution in [1.82, 2.24) is 24.4 Å². The molecule has 2 unspecified atom stereocenters. The number of nitrogens with zero attached hydrogens (tertiary/aromatic N) is 7. The molecule has 25 heavy (non-hydrogen) atoms. The lowest BCUT2D eigenvalue weighted by atomic mass is 10.5. The lowest BCUT2D eigenvalue weighted by molar-refractivity contribution is -0.126. The highest BCUT2D eigenvalue weighted by molar-refractivity contribution is 5.49. The van der Waals surface area contributed by atoms with E-state index in [4.69, 9.17) is 5.26 Å². The Kier molecular flexibility index (Phi) is 6.21. The summed E-state index contributed by atoms with van der Waals surface area (Å²) in [5.74, 6) is 0.847. The molecule has 1 amide bonds. The normalized spacial score (nSPS) is 12.7. The minimum atomic E-state index is -1.33. The maximum absolute atomic E-state index is 10.9. The largest absolute Gasteiger partial charge is 0.372 e. The van der Waals surface area contributed by atoms with Crippen LogP contribution in [0.3, 0.4) is 0 Å². The van der Waals surface area contributed by atoms with Gasteiger partial charge < -0.3 is 25.0 Å². The van der Waals surface area contributed by atoms with Gasteiger partial charge in [-0.25, -0.2) is 15.0 Å². The van der Waals surface area contributed by atoms with Crippen LogP contribution in [-0.2, 0) is 11.3 Å². The molecule has 0 aliphatic rings. The Labute approximate surface area is 143 Å². The minimum absolute atomic E-state index is 0.177. The van der Waals surface area contributed by atoms with E-state index in [0.29, 0.717) is 18.0 Å². The van der Waals surface area contributed by atoms with Gasteiger partial charge in [0.15, 0.2) is 0 Å². The molecule has 11 heteroatoms. The van der Waals surface area contributed by atoms with Crippen LogP contribution in [0, 0.1) is 11.3 Å². The second-order valence-electron chi connectivity index (χ2n) is 5.08. The monoisotopic (exact) mass is 346 g/mol. The molecule has 2 rings (SSSR count). The van der Waals surface area contributed by atoms with E-state index in [-0.39, 0.29) is 13.1 Å². The molecule has 0 saturated carbocycles. The molecule has 0 bridgehead atoms.